The fourth-order valence-corrected chi connectivity index (χ4v) is 3.09. The Morgan fingerprint density at radius 2 is 2.12 bits per heavy atom. The molecule has 34 heavy (non-hydrogen) atoms. The fraction of sp³-hybridized carbons (Fsp3) is 0.182. The first-order valence-electron chi connectivity index (χ1n) is 10.2. The summed E-state index contributed by atoms with van der Waals surface area (Å²) >= 11 is 0. The van der Waals surface area contributed by atoms with Gasteiger partial charge in [0.2, 0.25) is 5.91 Å². The number of ether oxygens (including phenoxy) is 1. The standard InChI is InChI=1S/C22H20FN7O4/c23-15-4-2-1-3-14(15)12-26-18(17-6-9-34-29-17)11-16(24)21-25-7-5-19(28-21)27-20(31)13-30-8-10-33-22(30)32/h1-7,9,11,24,26H,8,10,12-13H2,(H,25,27,28,31)/b18-11-,24-16?. The van der Waals surface area contributed by atoms with Gasteiger partial charge >= 0.3 is 6.09 Å². The molecule has 0 radical (unpaired) electrons. The average Bonchev–Trinajstić information content (AvgIpc) is 3.50. The molecule has 3 N–H and O–H groups in total. The van der Waals surface area contributed by atoms with Gasteiger partial charge in [-0.2, -0.15) is 0 Å². The predicted octanol–water partition coefficient (Wildman–Crippen LogP) is 2.19. The lowest BCUT2D eigenvalue weighted by Crippen LogP contribution is -2.34. The predicted molar refractivity (Wildman–Crippen MR) is 118 cm³/mol. The first-order chi connectivity index (χ1) is 16.5. The van der Waals surface area contributed by atoms with Crippen molar-refractivity contribution in [3.8, 4) is 0 Å². The lowest BCUT2D eigenvalue weighted by molar-refractivity contribution is -0.116. The van der Waals surface area contributed by atoms with Gasteiger partial charge in [-0.1, -0.05) is 23.4 Å². The van der Waals surface area contributed by atoms with E-state index in [0.717, 1.165) is 0 Å². The van der Waals surface area contributed by atoms with Gasteiger partial charge in [0.25, 0.3) is 0 Å². The Labute approximate surface area is 193 Å². The number of benzene rings is 1. The van der Waals surface area contributed by atoms with Crippen LogP contribution in [0.3, 0.4) is 0 Å². The van der Waals surface area contributed by atoms with Crippen LogP contribution >= 0.6 is 0 Å². The van der Waals surface area contributed by atoms with E-state index >= 15 is 0 Å². The second-order valence-electron chi connectivity index (χ2n) is 7.15. The van der Waals surface area contributed by atoms with Gasteiger partial charge in [-0.15, -0.1) is 0 Å². The van der Waals surface area contributed by atoms with Crippen molar-refractivity contribution in [2.45, 2.75) is 6.54 Å². The molecule has 3 heterocycles. The topological polar surface area (TPSA) is 146 Å². The normalized spacial score (nSPS) is 13.5. The molecule has 2 aromatic heterocycles. The summed E-state index contributed by atoms with van der Waals surface area (Å²) in [5.74, 6) is -0.617. The summed E-state index contributed by atoms with van der Waals surface area (Å²) in [4.78, 5) is 33.3. The second kappa shape index (κ2) is 10.3. The molecule has 0 bridgehead atoms. The van der Waals surface area contributed by atoms with Crippen LogP contribution in [0.5, 0.6) is 0 Å². The molecule has 1 fully saturated rings. The SMILES string of the molecule is N=C(/C=C(\NCc1ccccc1F)c1ccon1)c1nccc(NC(=O)CN2CCOC2=O)n1. The maximum absolute atomic E-state index is 14.0. The van der Waals surface area contributed by atoms with Gasteiger partial charge < -0.3 is 19.9 Å². The third kappa shape index (κ3) is 5.59. The number of aromatic nitrogens is 3. The third-order valence-corrected chi connectivity index (χ3v) is 4.77. The molecule has 0 spiro atoms. The average molecular weight is 465 g/mol. The van der Waals surface area contributed by atoms with Crippen molar-refractivity contribution in [3.05, 3.63) is 77.8 Å². The van der Waals surface area contributed by atoms with Crippen molar-refractivity contribution in [1.82, 2.24) is 25.3 Å². The molecule has 1 saturated heterocycles. The van der Waals surface area contributed by atoms with E-state index in [4.69, 9.17) is 14.7 Å². The highest BCUT2D eigenvalue weighted by Gasteiger charge is 2.24. The Kier molecular flexibility index (Phi) is 6.87. The van der Waals surface area contributed by atoms with E-state index in [2.05, 4.69) is 25.8 Å². The van der Waals surface area contributed by atoms with Gasteiger partial charge in [-0.05, 0) is 18.2 Å². The quantitative estimate of drug-likeness (QED) is 0.408. The molecule has 1 aliphatic rings. The summed E-state index contributed by atoms with van der Waals surface area (Å²) in [6, 6.07) is 9.39. The smallest absolute Gasteiger partial charge is 0.410 e. The maximum atomic E-state index is 14.0. The zero-order valence-corrected chi connectivity index (χ0v) is 17.8. The van der Waals surface area contributed by atoms with Crippen molar-refractivity contribution in [2.75, 3.05) is 25.0 Å². The maximum Gasteiger partial charge on any atom is 0.410 e. The van der Waals surface area contributed by atoms with Gasteiger partial charge in [-0.25, -0.2) is 19.2 Å². The molecule has 0 aliphatic carbocycles. The minimum absolute atomic E-state index is 0.0343. The summed E-state index contributed by atoms with van der Waals surface area (Å²) < 4.78 is 23.7. The highest BCUT2D eigenvalue weighted by molar-refractivity contribution is 6.08. The number of hydrogen-bond acceptors (Lipinski definition) is 9. The second-order valence-corrected chi connectivity index (χ2v) is 7.15. The number of nitrogens with zero attached hydrogens (tertiary/aromatic N) is 4. The van der Waals surface area contributed by atoms with Gasteiger partial charge in [-0.3, -0.25) is 15.1 Å². The number of carbonyl (C=O) groups excluding carboxylic acids is 2. The van der Waals surface area contributed by atoms with Crippen LogP contribution in [-0.4, -0.2) is 57.4 Å². The molecular weight excluding hydrogens is 445 g/mol. The Hall–Kier alpha value is -4.61. The Balaban J connectivity index is 1.47. The summed E-state index contributed by atoms with van der Waals surface area (Å²) in [5, 5.41) is 17.9. The van der Waals surface area contributed by atoms with Crippen LogP contribution in [0.1, 0.15) is 17.1 Å². The van der Waals surface area contributed by atoms with E-state index in [9.17, 15) is 14.0 Å². The van der Waals surface area contributed by atoms with Crippen molar-refractivity contribution >= 4 is 29.2 Å². The molecule has 12 heteroatoms. The van der Waals surface area contributed by atoms with Crippen molar-refractivity contribution < 1.29 is 23.2 Å². The number of cyclic esters (lactones) is 1. The number of rotatable bonds is 9. The molecule has 2 amide bonds. The van der Waals surface area contributed by atoms with Crippen LogP contribution in [0, 0.1) is 11.2 Å². The van der Waals surface area contributed by atoms with Gasteiger partial charge in [0.15, 0.2) is 5.82 Å². The molecule has 11 nitrogen and oxygen atoms in total. The van der Waals surface area contributed by atoms with E-state index in [1.165, 1.54) is 35.6 Å². The minimum atomic E-state index is -0.547. The minimum Gasteiger partial charge on any atom is -0.448 e. The number of anilines is 1. The number of halogens is 1. The van der Waals surface area contributed by atoms with Gasteiger partial charge in [0, 0.05) is 24.4 Å². The highest BCUT2D eigenvalue weighted by Crippen LogP contribution is 2.14. The monoisotopic (exact) mass is 465 g/mol. The summed E-state index contributed by atoms with van der Waals surface area (Å²) in [5.41, 5.74) is 1.15. The molecule has 4 rings (SSSR count). The molecule has 174 valence electrons. The lowest BCUT2D eigenvalue weighted by Gasteiger charge is -2.12. The zero-order valence-electron chi connectivity index (χ0n) is 17.8. The van der Waals surface area contributed by atoms with Gasteiger partial charge in [0.05, 0.1) is 12.2 Å². The number of amides is 2. The lowest BCUT2D eigenvalue weighted by atomic mass is 10.2. The van der Waals surface area contributed by atoms with Crippen molar-refractivity contribution in [1.29, 1.82) is 5.41 Å². The molecule has 1 aliphatic heterocycles. The fourth-order valence-electron chi connectivity index (χ4n) is 3.09. The Morgan fingerprint density at radius 1 is 1.26 bits per heavy atom. The van der Waals surface area contributed by atoms with Crippen LogP contribution in [-0.2, 0) is 16.1 Å². The summed E-state index contributed by atoms with van der Waals surface area (Å²) in [6.07, 6.45) is 3.65. The van der Waals surface area contributed by atoms with Crippen LogP contribution in [0.2, 0.25) is 0 Å². The summed E-state index contributed by atoms with van der Waals surface area (Å²) in [7, 11) is 0. The zero-order chi connectivity index (χ0) is 23.9. The molecule has 0 unspecified atom stereocenters. The molecule has 1 aromatic carbocycles. The van der Waals surface area contributed by atoms with E-state index in [0.29, 0.717) is 23.5 Å². The van der Waals surface area contributed by atoms with Crippen molar-refractivity contribution in [2.24, 2.45) is 0 Å². The first kappa shape index (κ1) is 22.6. The molecule has 0 atom stereocenters. The number of hydrogen-bond donors (Lipinski definition) is 3. The number of allylic oxidation sites excluding steroid dienone is 1. The number of carbonyl (C=O) groups is 2. The highest BCUT2D eigenvalue weighted by atomic mass is 19.1. The van der Waals surface area contributed by atoms with Crippen LogP contribution in [0.15, 0.2) is 59.5 Å². The third-order valence-electron chi connectivity index (χ3n) is 4.77. The van der Waals surface area contributed by atoms with E-state index in [1.54, 1.807) is 24.3 Å². The Bertz CT molecular complexity index is 1230. The van der Waals surface area contributed by atoms with Crippen LogP contribution in [0.25, 0.3) is 5.70 Å². The first-order valence-corrected chi connectivity index (χ1v) is 10.2. The van der Waals surface area contributed by atoms with Gasteiger partial charge in [0.1, 0.15) is 42.5 Å². The Morgan fingerprint density at radius 3 is 2.85 bits per heavy atom. The van der Waals surface area contributed by atoms with Crippen LogP contribution in [0.4, 0.5) is 15.0 Å². The van der Waals surface area contributed by atoms with E-state index in [1.807, 2.05) is 0 Å². The molecule has 0 saturated carbocycles. The van der Waals surface area contributed by atoms with E-state index < -0.39 is 12.0 Å². The number of nitrogens with one attached hydrogen (secondary N) is 3. The van der Waals surface area contributed by atoms with Crippen LogP contribution < -0.4 is 10.6 Å². The van der Waals surface area contributed by atoms with E-state index in [-0.39, 0.29) is 42.9 Å². The molecular formula is C22H20FN7O4. The molecule has 3 aromatic rings. The largest absolute Gasteiger partial charge is 0.448 e. The summed E-state index contributed by atoms with van der Waals surface area (Å²) in [6.45, 7) is 0.549. The van der Waals surface area contributed by atoms with Crippen molar-refractivity contribution in [3.63, 3.8) is 0 Å².